The first-order valence-corrected chi connectivity index (χ1v) is 8.91. The van der Waals surface area contributed by atoms with Crippen LogP contribution in [0.1, 0.15) is 15.9 Å². The second kappa shape index (κ2) is 8.63. The molecule has 1 heterocycles. The fraction of sp³-hybridized carbons (Fsp3) is 0.143. The van der Waals surface area contributed by atoms with Crippen LogP contribution in [0.2, 0.25) is 5.02 Å². The van der Waals surface area contributed by atoms with Crippen molar-refractivity contribution in [1.82, 2.24) is 4.98 Å². The molecule has 0 bridgehead atoms. The molecule has 0 radical (unpaired) electrons. The van der Waals surface area contributed by atoms with Crippen molar-refractivity contribution in [1.29, 1.82) is 0 Å². The molecule has 144 valence electrons. The number of halogens is 1. The Bertz CT molecular complexity index is 991. The minimum Gasteiger partial charge on any atom is -0.493 e. The van der Waals surface area contributed by atoms with Gasteiger partial charge in [0, 0.05) is 16.3 Å². The van der Waals surface area contributed by atoms with Crippen molar-refractivity contribution < 1.29 is 14.3 Å². The predicted octanol–water partition coefficient (Wildman–Crippen LogP) is 5.06. The Balaban J connectivity index is 1.70. The first-order valence-electron chi connectivity index (χ1n) is 8.53. The summed E-state index contributed by atoms with van der Waals surface area (Å²) in [5.41, 5.74) is 3.08. The molecule has 2 N–H and O–H groups in total. The van der Waals surface area contributed by atoms with E-state index in [0.717, 1.165) is 16.9 Å². The van der Waals surface area contributed by atoms with Gasteiger partial charge >= 0.3 is 0 Å². The van der Waals surface area contributed by atoms with Gasteiger partial charge in [-0.25, -0.2) is 4.98 Å². The smallest absolute Gasteiger partial charge is 0.256 e. The minimum atomic E-state index is -0.292. The highest BCUT2D eigenvalue weighted by Gasteiger charge is 2.11. The highest BCUT2D eigenvalue weighted by atomic mass is 35.5. The number of pyridine rings is 1. The predicted molar refractivity (Wildman–Crippen MR) is 111 cm³/mol. The SMILES string of the molecule is COc1ccc(C(=O)Nc2ccc(Nc3cccc(Cl)c3C)cn2)cc1OC. The minimum absolute atomic E-state index is 0.292. The van der Waals surface area contributed by atoms with Crippen molar-refractivity contribution in [3.63, 3.8) is 0 Å². The van der Waals surface area contributed by atoms with Crippen LogP contribution in [0, 0.1) is 6.92 Å². The van der Waals surface area contributed by atoms with E-state index in [1.807, 2.05) is 31.2 Å². The molecule has 3 aromatic rings. The Hall–Kier alpha value is -3.25. The summed E-state index contributed by atoms with van der Waals surface area (Å²) >= 11 is 6.14. The Labute approximate surface area is 168 Å². The molecule has 0 saturated heterocycles. The first kappa shape index (κ1) is 19.5. The summed E-state index contributed by atoms with van der Waals surface area (Å²) < 4.78 is 10.4. The van der Waals surface area contributed by atoms with E-state index in [9.17, 15) is 4.79 Å². The molecule has 1 aromatic heterocycles. The van der Waals surface area contributed by atoms with Crippen LogP contribution in [0.4, 0.5) is 17.2 Å². The Morgan fingerprint density at radius 2 is 1.82 bits per heavy atom. The van der Waals surface area contributed by atoms with Gasteiger partial charge in [-0.2, -0.15) is 0 Å². The van der Waals surface area contributed by atoms with Crippen molar-refractivity contribution >= 4 is 34.7 Å². The summed E-state index contributed by atoms with van der Waals surface area (Å²) in [6.07, 6.45) is 1.64. The number of methoxy groups -OCH3 is 2. The van der Waals surface area contributed by atoms with Crippen molar-refractivity contribution in [3.05, 3.63) is 70.9 Å². The molecule has 0 saturated carbocycles. The van der Waals surface area contributed by atoms with Crippen LogP contribution in [-0.4, -0.2) is 25.1 Å². The lowest BCUT2D eigenvalue weighted by Crippen LogP contribution is -2.13. The molecule has 28 heavy (non-hydrogen) atoms. The number of nitrogens with zero attached hydrogens (tertiary/aromatic N) is 1. The average Bonchev–Trinajstić information content (AvgIpc) is 2.72. The maximum absolute atomic E-state index is 12.5. The summed E-state index contributed by atoms with van der Waals surface area (Å²) in [4.78, 5) is 16.7. The Morgan fingerprint density at radius 3 is 2.50 bits per heavy atom. The van der Waals surface area contributed by atoms with Crippen molar-refractivity contribution in [2.24, 2.45) is 0 Å². The molecule has 0 unspecified atom stereocenters. The summed E-state index contributed by atoms with van der Waals surface area (Å²) in [5.74, 6) is 1.19. The van der Waals surface area contributed by atoms with Crippen molar-refractivity contribution in [3.8, 4) is 11.5 Å². The van der Waals surface area contributed by atoms with E-state index >= 15 is 0 Å². The molecule has 0 aliphatic heterocycles. The summed E-state index contributed by atoms with van der Waals surface area (Å²) in [7, 11) is 3.07. The van der Waals surface area contributed by atoms with Gasteiger partial charge in [-0.05, 0) is 55.0 Å². The van der Waals surface area contributed by atoms with Gasteiger partial charge in [0.2, 0.25) is 0 Å². The van der Waals surface area contributed by atoms with Gasteiger partial charge in [-0.1, -0.05) is 17.7 Å². The van der Waals surface area contributed by atoms with Crippen LogP contribution in [0.25, 0.3) is 0 Å². The van der Waals surface area contributed by atoms with Crippen molar-refractivity contribution in [2.75, 3.05) is 24.9 Å². The van der Waals surface area contributed by atoms with Gasteiger partial charge in [0.15, 0.2) is 11.5 Å². The van der Waals surface area contributed by atoms with Gasteiger partial charge in [-0.3, -0.25) is 4.79 Å². The van der Waals surface area contributed by atoms with Gasteiger partial charge in [0.25, 0.3) is 5.91 Å². The van der Waals surface area contributed by atoms with Crippen molar-refractivity contribution in [2.45, 2.75) is 6.92 Å². The fourth-order valence-corrected chi connectivity index (χ4v) is 2.78. The van der Waals surface area contributed by atoms with Crippen LogP contribution in [-0.2, 0) is 0 Å². The summed E-state index contributed by atoms with van der Waals surface area (Å²) in [6, 6.07) is 14.2. The number of aromatic nitrogens is 1. The van der Waals surface area contributed by atoms with E-state index in [4.69, 9.17) is 21.1 Å². The number of anilines is 3. The number of hydrogen-bond acceptors (Lipinski definition) is 5. The Morgan fingerprint density at radius 1 is 1.04 bits per heavy atom. The maximum atomic E-state index is 12.5. The molecule has 0 aliphatic rings. The number of nitrogens with one attached hydrogen (secondary N) is 2. The number of ether oxygens (including phenoxy) is 2. The number of carbonyl (C=O) groups is 1. The maximum Gasteiger partial charge on any atom is 0.256 e. The lowest BCUT2D eigenvalue weighted by atomic mass is 10.2. The summed E-state index contributed by atoms with van der Waals surface area (Å²) in [6.45, 7) is 1.94. The van der Waals surface area contributed by atoms with Crippen LogP contribution in [0.15, 0.2) is 54.7 Å². The third-order valence-electron chi connectivity index (χ3n) is 4.20. The van der Waals surface area contributed by atoms with Crippen LogP contribution >= 0.6 is 11.6 Å². The molecule has 0 fully saturated rings. The van der Waals surface area contributed by atoms with E-state index in [0.29, 0.717) is 27.9 Å². The van der Waals surface area contributed by atoms with Crippen LogP contribution in [0.5, 0.6) is 11.5 Å². The number of benzene rings is 2. The molecule has 3 rings (SSSR count). The van der Waals surface area contributed by atoms with Gasteiger partial charge < -0.3 is 20.1 Å². The molecule has 1 amide bonds. The average molecular weight is 398 g/mol. The molecular formula is C21H20ClN3O3. The fourth-order valence-electron chi connectivity index (χ4n) is 2.61. The number of amides is 1. The highest BCUT2D eigenvalue weighted by Crippen LogP contribution is 2.28. The molecule has 0 aliphatic carbocycles. The highest BCUT2D eigenvalue weighted by molar-refractivity contribution is 6.31. The van der Waals surface area contributed by atoms with E-state index in [1.54, 1.807) is 37.6 Å². The summed E-state index contributed by atoms with van der Waals surface area (Å²) in [5, 5.41) is 6.72. The molecule has 0 atom stereocenters. The lowest BCUT2D eigenvalue weighted by molar-refractivity contribution is 0.102. The van der Waals surface area contributed by atoms with E-state index in [2.05, 4.69) is 15.6 Å². The zero-order valence-corrected chi connectivity index (χ0v) is 16.5. The molecule has 0 spiro atoms. The molecule has 6 nitrogen and oxygen atoms in total. The largest absolute Gasteiger partial charge is 0.493 e. The second-order valence-corrected chi connectivity index (χ2v) is 6.40. The van der Waals surface area contributed by atoms with Gasteiger partial charge in [-0.15, -0.1) is 0 Å². The zero-order valence-electron chi connectivity index (χ0n) is 15.7. The zero-order chi connectivity index (χ0) is 20.1. The van der Waals surface area contributed by atoms with E-state index in [1.165, 1.54) is 7.11 Å². The first-order chi connectivity index (χ1) is 13.5. The monoisotopic (exact) mass is 397 g/mol. The second-order valence-electron chi connectivity index (χ2n) is 5.99. The Kier molecular flexibility index (Phi) is 6.01. The van der Waals surface area contributed by atoms with Gasteiger partial charge in [0.05, 0.1) is 26.1 Å². The van der Waals surface area contributed by atoms with E-state index in [-0.39, 0.29) is 5.91 Å². The standard InChI is InChI=1S/C21H20ClN3O3/c1-13-16(22)5-4-6-17(13)24-15-8-10-20(23-12-15)25-21(26)14-7-9-18(27-2)19(11-14)28-3/h4-12,24H,1-3H3,(H,23,25,26). The normalized spacial score (nSPS) is 10.3. The third-order valence-corrected chi connectivity index (χ3v) is 4.61. The van der Waals surface area contributed by atoms with Gasteiger partial charge in [0.1, 0.15) is 5.82 Å². The quantitative estimate of drug-likeness (QED) is 0.608. The number of carbonyl (C=O) groups excluding carboxylic acids is 1. The molecule has 2 aromatic carbocycles. The molecular weight excluding hydrogens is 378 g/mol. The molecule has 7 heteroatoms. The van der Waals surface area contributed by atoms with E-state index < -0.39 is 0 Å². The van der Waals surface area contributed by atoms with Crippen LogP contribution < -0.4 is 20.1 Å². The van der Waals surface area contributed by atoms with Crippen LogP contribution in [0.3, 0.4) is 0 Å². The number of rotatable bonds is 6. The number of hydrogen-bond donors (Lipinski definition) is 2. The lowest BCUT2D eigenvalue weighted by Gasteiger charge is -2.12. The topological polar surface area (TPSA) is 72.5 Å². The third kappa shape index (κ3) is 4.35.